The van der Waals surface area contributed by atoms with Crippen molar-refractivity contribution in [2.24, 2.45) is 11.8 Å². The Hall–Kier alpha value is -0.960. The quantitative estimate of drug-likeness (QED) is 0.814. The molecule has 1 saturated carbocycles. The Morgan fingerprint density at radius 1 is 1.33 bits per heavy atom. The monoisotopic (exact) mass is 251 g/mol. The Balaban J connectivity index is 2.16. The summed E-state index contributed by atoms with van der Waals surface area (Å²) in [6.45, 7) is 4.47. The molecule has 100 valence electrons. The van der Waals surface area contributed by atoms with E-state index >= 15 is 0 Å². The third-order valence-electron chi connectivity index (χ3n) is 4.28. The van der Waals surface area contributed by atoms with Gasteiger partial charge in [-0.2, -0.15) is 0 Å². The van der Waals surface area contributed by atoms with Crippen LogP contribution in [0.2, 0.25) is 0 Å². The van der Waals surface area contributed by atoms with E-state index in [9.17, 15) is 9.50 Å². The Kier molecular flexibility index (Phi) is 4.00. The third-order valence-corrected chi connectivity index (χ3v) is 4.28. The van der Waals surface area contributed by atoms with Crippen LogP contribution in [0, 0.1) is 17.7 Å². The summed E-state index contributed by atoms with van der Waals surface area (Å²) in [6.07, 6.45) is 7.35. The summed E-state index contributed by atoms with van der Waals surface area (Å²) in [6, 6.07) is 1.42. The van der Waals surface area contributed by atoms with Crippen LogP contribution >= 0.6 is 0 Å². The topological polar surface area (TPSA) is 33.1 Å². The van der Waals surface area contributed by atoms with E-state index in [1.165, 1.54) is 12.3 Å². The molecule has 0 amide bonds. The largest absolute Gasteiger partial charge is 0.385 e. The molecule has 1 aliphatic carbocycles. The second-order valence-corrected chi connectivity index (χ2v) is 5.86. The van der Waals surface area contributed by atoms with E-state index in [1.807, 2.05) is 0 Å². The summed E-state index contributed by atoms with van der Waals surface area (Å²) in [5, 5.41) is 10.7. The predicted octanol–water partition coefficient (Wildman–Crippen LogP) is 3.64. The smallest absolute Gasteiger partial charge is 0.141 e. The Labute approximate surface area is 108 Å². The number of aromatic nitrogens is 1. The number of aliphatic hydroxyl groups is 1. The minimum absolute atomic E-state index is 0.370. The summed E-state index contributed by atoms with van der Waals surface area (Å²) >= 11 is 0. The fourth-order valence-corrected chi connectivity index (χ4v) is 2.97. The summed E-state index contributed by atoms with van der Waals surface area (Å²) in [5.74, 6) is 0.948. The van der Waals surface area contributed by atoms with Gasteiger partial charge in [0.05, 0.1) is 11.8 Å². The van der Waals surface area contributed by atoms with Gasteiger partial charge in [0.15, 0.2) is 0 Å². The fraction of sp³-hybridized carbons (Fsp3) is 0.667. The molecule has 0 aliphatic heterocycles. The second kappa shape index (κ2) is 5.35. The maximum atomic E-state index is 13.2. The van der Waals surface area contributed by atoms with Crippen LogP contribution in [0.4, 0.5) is 4.39 Å². The minimum Gasteiger partial charge on any atom is -0.385 e. The first-order chi connectivity index (χ1) is 8.51. The molecule has 1 aliphatic rings. The first-order valence-electron chi connectivity index (χ1n) is 6.85. The number of pyridine rings is 1. The maximum absolute atomic E-state index is 13.2. The van der Waals surface area contributed by atoms with Gasteiger partial charge in [0.2, 0.25) is 0 Å². The highest BCUT2D eigenvalue weighted by molar-refractivity contribution is 5.19. The molecule has 0 saturated heterocycles. The van der Waals surface area contributed by atoms with Crippen LogP contribution < -0.4 is 0 Å². The molecular formula is C15H22FNO. The summed E-state index contributed by atoms with van der Waals surface area (Å²) in [7, 11) is 0. The van der Waals surface area contributed by atoms with Crippen molar-refractivity contribution in [2.45, 2.75) is 51.6 Å². The van der Waals surface area contributed by atoms with Crippen LogP contribution in [0.1, 0.15) is 51.5 Å². The van der Waals surface area contributed by atoms with E-state index in [4.69, 9.17) is 0 Å². The van der Waals surface area contributed by atoms with Gasteiger partial charge in [-0.15, -0.1) is 0 Å². The van der Waals surface area contributed by atoms with Crippen LogP contribution in [-0.2, 0) is 5.60 Å². The zero-order valence-electron chi connectivity index (χ0n) is 11.2. The number of rotatable bonds is 2. The summed E-state index contributed by atoms with van der Waals surface area (Å²) < 4.78 is 13.2. The lowest BCUT2D eigenvalue weighted by Gasteiger charge is -2.27. The lowest BCUT2D eigenvalue weighted by atomic mass is 9.85. The first-order valence-corrected chi connectivity index (χ1v) is 6.85. The summed E-state index contributed by atoms with van der Waals surface area (Å²) in [5.41, 5.74) is -0.259. The average Bonchev–Trinajstić information content (AvgIpc) is 2.52. The van der Waals surface area contributed by atoms with Gasteiger partial charge in [-0.3, -0.25) is 4.98 Å². The van der Waals surface area contributed by atoms with Crippen LogP contribution in [0.15, 0.2) is 18.5 Å². The third kappa shape index (κ3) is 2.89. The number of halogens is 1. The molecule has 2 rings (SSSR count). The van der Waals surface area contributed by atoms with Crippen molar-refractivity contribution in [3.63, 3.8) is 0 Å². The molecule has 1 aromatic heterocycles. The molecule has 2 unspecified atom stereocenters. The van der Waals surface area contributed by atoms with E-state index in [0.29, 0.717) is 30.2 Å². The molecule has 2 atom stereocenters. The van der Waals surface area contributed by atoms with Crippen molar-refractivity contribution in [1.29, 1.82) is 0 Å². The van der Waals surface area contributed by atoms with Gasteiger partial charge in [-0.05, 0) is 43.6 Å². The molecule has 0 bridgehead atoms. The highest BCUT2D eigenvalue weighted by Crippen LogP contribution is 2.39. The second-order valence-electron chi connectivity index (χ2n) is 5.86. The Morgan fingerprint density at radius 3 is 2.78 bits per heavy atom. The Bertz CT molecular complexity index is 407. The molecule has 0 radical (unpaired) electrons. The predicted molar refractivity (Wildman–Crippen MR) is 69.5 cm³/mol. The highest BCUT2D eigenvalue weighted by atomic mass is 19.1. The van der Waals surface area contributed by atoms with E-state index in [-0.39, 0.29) is 5.82 Å². The molecule has 1 heterocycles. The van der Waals surface area contributed by atoms with Crippen LogP contribution in [0.25, 0.3) is 0 Å². The van der Waals surface area contributed by atoms with Crippen molar-refractivity contribution in [3.8, 4) is 0 Å². The van der Waals surface area contributed by atoms with Crippen LogP contribution in [0.3, 0.4) is 0 Å². The maximum Gasteiger partial charge on any atom is 0.141 e. The molecule has 2 nitrogen and oxygen atoms in total. The Morgan fingerprint density at radius 2 is 2.11 bits per heavy atom. The lowest BCUT2D eigenvalue weighted by molar-refractivity contribution is 0.0185. The zero-order valence-corrected chi connectivity index (χ0v) is 11.2. The molecule has 0 spiro atoms. The highest BCUT2D eigenvalue weighted by Gasteiger charge is 2.33. The van der Waals surface area contributed by atoms with Crippen LogP contribution in [0.5, 0.6) is 0 Å². The van der Waals surface area contributed by atoms with Crippen molar-refractivity contribution in [1.82, 2.24) is 4.98 Å². The van der Waals surface area contributed by atoms with Gasteiger partial charge in [0.25, 0.3) is 0 Å². The zero-order chi connectivity index (χ0) is 13.2. The van der Waals surface area contributed by atoms with Gasteiger partial charge in [-0.1, -0.05) is 20.3 Å². The van der Waals surface area contributed by atoms with E-state index in [2.05, 4.69) is 18.8 Å². The molecule has 3 heteroatoms. The SMILES string of the molecule is CC(C)C1CCCC(O)(c2cncc(F)c2)CC1. The molecular weight excluding hydrogens is 229 g/mol. The van der Waals surface area contributed by atoms with Gasteiger partial charge < -0.3 is 5.11 Å². The molecule has 1 fully saturated rings. The van der Waals surface area contributed by atoms with Crippen LogP contribution in [-0.4, -0.2) is 10.1 Å². The molecule has 0 aromatic carbocycles. The number of hydrogen-bond donors (Lipinski definition) is 1. The van der Waals surface area contributed by atoms with Gasteiger partial charge in [0.1, 0.15) is 5.82 Å². The average molecular weight is 251 g/mol. The minimum atomic E-state index is -0.890. The van der Waals surface area contributed by atoms with Crippen molar-refractivity contribution in [2.75, 3.05) is 0 Å². The normalized spacial score (nSPS) is 29.3. The standard InChI is InChI=1S/C15H22FNO/c1-11(2)12-4-3-6-15(18,7-5-12)13-8-14(16)10-17-9-13/h8-12,18H,3-7H2,1-2H3. The molecule has 1 N–H and O–H groups in total. The van der Waals surface area contributed by atoms with Crippen molar-refractivity contribution >= 4 is 0 Å². The van der Waals surface area contributed by atoms with Crippen molar-refractivity contribution < 1.29 is 9.50 Å². The number of hydrogen-bond acceptors (Lipinski definition) is 2. The van der Waals surface area contributed by atoms with Crippen molar-refractivity contribution in [3.05, 3.63) is 29.8 Å². The fourth-order valence-electron chi connectivity index (χ4n) is 2.97. The lowest BCUT2D eigenvalue weighted by Crippen LogP contribution is -2.25. The van der Waals surface area contributed by atoms with E-state index < -0.39 is 5.60 Å². The molecule has 1 aromatic rings. The van der Waals surface area contributed by atoms with Gasteiger partial charge >= 0.3 is 0 Å². The summed E-state index contributed by atoms with van der Waals surface area (Å²) in [4.78, 5) is 3.85. The van der Waals surface area contributed by atoms with Gasteiger partial charge in [-0.25, -0.2) is 4.39 Å². The molecule has 18 heavy (non-hydrogen) atoms. The van der Waals surface area contributed by atoms with E-state index in [0.717, 1.165) is 19.3 Å². The van der Waals surface area contributed by atoms with E-state index in [1.54, 1.807) is 6.20 Å². The number of nitrogens with zero attached hydrogens (tertiary/aromatic N) is 1. The van der Waals surface area contributed by atoms with Gasteiger partial charge in [0, 0.05) is 11.8 Å². The first kappa shape index (κ1) is 13.5.